The lowest BCUT2D eigenvalue weighted by atomic mass is 9.90. The van der Waals surface area contributed by atoms with Crippen molar-refractivity contribution in [3.8, 4) is 0 Å². The van der Waals surface area contributed by atoms with Crippen LogP contribution in [0.2, 0.25) is 5.02 Å². The van der Waals surface area contributed by atoms with Gasteiger partial charge in [-0.15, -0.1) is 0 Å². The number of ether oxygens (including phenoxy) is 1. The first-order valence-corrected chi connectivity index (χ1v) is 13.3. The van der Waals surface area contributed by atoms with Gasteiger partial charge in [-0.2, -0.15) is 0 Å². The van der Waals surface area contributed by atoms with E-state index in [2.05, 4.69) is 16.0 Å². The van der Waals surface area contributed by atoms with E-state index in [0.717, 1.165) is 10.5 Å². The van der Waals surface area contributed by atoms with Gasteiger partial charge in [0, 0.05) is 48.4 Å². The van der Waals surface area contributed by atoms with Crippen LogP contribution in [-0.4, -0.2) is 60.3 Å². The molecule has 5 rings (SSSR count). The molecule has 0 aliphatic carbocycles. The van der Waals surface area contributed by atoms with Gasteiger partial charge in [0.1, 0.15) is 6.04 Å². The standard InChI is InChI=1S/C29H28ClN5O6/c1-34(28(39)40)21-10-8-20(9-11-21)31-26(37)32-24(15-18-5-3-2-4-6-18)25(36)35-14-13-29(17-35)22-16-19(30)7-12-23(22)33-27(38)41-29/h2-12,16,24H,13-15,17H2,1H3,(H,33,38)(H,39,40)(H2,31,32,37)/t24-,29?/m0/s1. The number of amides is 5. The van der Waals surface area contributed by atoms with Gasteiger partial charge in [0.2, 0.25) is 5.91 Å². The zero-order valence-electron chi connectivity index (χ0n) is 22.1. The summed E-state index contributed by atoms with van der Waals surface area (Å²) in [6.07, 6.45) is -1.10. The third-order valence-corrected chi connectivity index (χ3v) is 7.46. The number of anilines is 3. The molecule has 11 nitrogen and oxygen atoms in total. The average molecular weight is 578 g/mol. The molecule has 41 heavy (non-hydrogen) atoms. The molecule has 12 heteroatoms. The van der Waals surface area contributed by atoms with Crippen LogP contribution in [0, 0.1) is 0 Å². The molecule has 5 amide bonds. The summed E-state index contributed by atoms with van der Waals surface area (Å²) in [5.41, 5.74) is 1.94. The Labute approximate surface area is 241 Å². The number of rotatable bonds is 6. The number of halogens is 1. The van der Waals surface area contributed by atoms with Crippen LogP contribution >= 0.6 is 11.6 Å². The van der Waals surface area contributed by atoms with E-state index in [1.165, 1.54) is 7.05 Å². The highest BCUT2D eigenvalue weighted by Crippen LogP contribution is 2.43. The van der Waals surface area contributed by atoms with E-state index in [0.29, 0.717) is 40.6 Å². The summed E-state index contributed by atoms with van der Waals surface area (Å²) in [6.45, 7) is 0.422. The first-order chi connectivity index (χ1) is 19.6. The summed E-state index contributed by atoms with van der Waals surface area (Å²) in [6, 6.07) is 19.2. The van der Waals surface area contributed by atoms with Crippen molar-refractivity contribution in [1.82, 2.24) is 10.2 Å². The van der Waals surface area contributed by atoms with E-state index in [1.807, 2.05) is 30.3 Å². The Morgan fingerprint density at radius 2 is 1.85 bits per heavy atom. The second kappa shape index (κ2) is 11.4. The quantitative estimate of drug-likeness (QED) is 0.329. The maximum Gasteiger partial charge on any atom is 0.412 e. The van der Waals surface area contributed by atoms with Crippen LogP contribution in [0.5, 0.6) is 0 Å². The van der Waals surface area contributed by atoms with Crippen LogP contribution in [0.25, 0.3) is 0 Å². The number of hydrogen-bond acceptors (Lipinski definition) is 5. The third-order valence-electron chi connectivity index (χ3n) is 7.23. The zero-order chi connectivity index (χ0) is 29.1. The Morgan fingerprint density at radius 1 is 1.12 bits per heavy atom. The molecule has 1 spiro atoms. The van der Waals surface area contributed by atoms with Crippen LogP contribution in [0.15, 0.2) is 72.8 Å². The van der Waals surface area contributed by atoms with Crippen molar-refractivity contribution >= 4 is 52.8 Å². The highest BCUT2D eigenvalue weighted by molar-refractivity contribution is 6.30. The summed E-state index contributed by atoms with van der Waals surface area (Å²) >= 11 is 6.24. The van der Waals surface area contributed by atoms with Crippen LogP contribution in [0.1, 0.15) is 17.5 Å². The summed E-state index contributed by atoms with van der Waals surface area (Å²) in [5.74, 6) is -0.322. The van der Waals surface area contributed by atoms with Gasteiger partial charge in [0.25, 0.3) is 0 Å². The van der Waals surface area contributed by atoms with Gasteiger partial charge in [-0.3, -0.25) is 15.0 Å². The fraction of sp³-hybridized carbons (Fsp3) is 0.241. The van der Waals surface area contributed by atoms with Crippen molar-refractivity contribution in [2.24, 2.45) is 0 Å². The first kappa shape index (κ1) is 27.8. The number of nitrogens with zero attached hydrogens (tertiary/aromatic N) is 2. The van der Waals surface area contributed by atoms with Crippen LogP contribution in [0.3, 0.4) is 0 Å². The molecular formula is C29H28ClN5O6. The normalized spacial score (nSPS) is 18.1. The van der Waals surface area contributed by atoms with E-state index in [4.69, 9.17) is 21.4 Å². The fourth-order valence-electron chi connectivity index (χ4n) is 5.12. The molecule has 4 N–H and O–H groups in total. The van der Waals surface area contributed by atoms with E-state index in [-0.39, 0.29) is 18.9 Å². The fourth-order valence-corrected chi connectivity index (χ4v) is 5.29. The number of hydrogen-bond donors (Lipinski definition) is 4. The molecule has 1 saturated heterocycles. The molecule has 0 bridgehead atoms. The van der Waals surface area contributed by atoms with Gasteiger partial charge < -0.3 is 25.4 Å². The van der Waals surface area contributed by atoms with Crippen molar-refractivity contribution in [2.75, 3.05) is 35.7 Å². The van der Waals surface area contributed by atoms with Gasteiger partial charge in [0.15, 0.2) is 5.60 Å². The van der Waals surface area contributed by atoms with Crippen molar-refractivity contribution < 1.29 is 29.0 Å². The first-order valence-electron chi connectivity index (χ1n) is 12.9. The Balaban J connectivity index is 1.33. The summed E-state index contributed by atoms with van der Waals surface area (Å²) < 4.78 is 5.75. The molecular weight excluding hydrogens is 550 g/mol. The van der Waals surface area contributed by atoms with Gasteiger partial charge in [-0.1, -0.05) is 41.9 Å². The number of carboxylic acid groups (broad SMARTS) is 1. The van der Waals surface area contributed by atoms with Crippen molar-refractivity contribution in [3.63, 3.8) is 0 Å². The Hall–Kier alpha value is -4.77. The Morgan fingerprint density at radius 3 is 2.56 bits per heavy atom. The summed E-state index contributed by atoms with van der Waals surface area (Å²) in [4.78, 5) is 53.0. The van der Waals surface area contributed by atoms with Crippen molar-refractivity contribution in [1.29, 1.82) is 0 Å². The SMILES string of the molecule is CN(C(=O)O)c1ccc(NC(=O)N[C@@H](Cc2ccccc2)C(=O)N2CCC3(C2)OC(=O)Nc2ccc(Cl)cc23)cc1. The van der Waals surface area contributed by atoms with Gasteiger partial charge >= 0.3 is 18.2 Å². The molecule has 3 aromatic rings. The van der Waals surface area contributed by atoms with Gasteiger partial charge in [0.05, 0.1) is 12.2 Å². The van der Waals surface area contributed by atoms with E-state index >= 15 is 0 Å². The molecule has 2 aliphatic heterocycles. The molecule has 0 radical (unpaired) electrons. The highest BCUT2D eigenvalue weighted by atomic mass is 35.5. The van der Waals surface area contributed by atoms with Crippen LogP contribution in [0.4, 0.5) is 31.4 Å². The molecule has 0 saturated carbocycles. The number of nitrogens with one attached hydrogen (secondary N) is 3. The Kier molecular flexibility index (Phi) is 7.71. The van der Waals surface area contributed by atoms with Crippen molar-refractivity contribution in [3.05, 3.63) is 88.9 Å². The maximum atomic E-state index is 13.8. The van der Waals surface area contributed by atoms with Crippen molar-refractivity contribution in [2.45, 2.75) is 24.5 Å². The van der Waals surface area contributed by atoms with E-state index < -0.39 is 29.9 Å². The second-order valence-electron chi connectivity index (χ2n) is 9.94. The average Bonchev–Trinajstić information content (AvgIpc) is 3.37. The monoisotopic (exact) mass is 577 g/mol. The second-order valence-corrected chi connectivity index (χ2v) is 10.4. The molecule has 0 aromatic heterocycles. The van der Waals surface area contributed by atoms with Crippen LogP contribution in [-0.2, 0) is 21.6 Å². The minimum absolute atomic E-state index is 0.111. The molecule has 212 valence electrons. The van der Waals surface area contributed by atoms with Gasteiger partial charge in [-0.05, 0) is 48.0 Å². The number of urea groups is 1. The number of fused-ring (bicyclic) bond motifs is 2. The number of likely N-dealkylation sites (tertiary alicyclic amines) is 1. The number of carbonyl (C=O) groups is 4. The maximum absolute atomic E-state index is 13.8. The molecule has 3 aromatic carbocycles. The van der Waals surface area contributed by atoms with E-state index in [9.17, 15) is 19.2 Å². The molecule has 1 fully saturated rings. The number of carbonyl (C=O) groups excluding carboxylic acids is 3. The summed E-state index contributed by atoms with van der Waals surface area (Å²) in [7, 11) is 1.41. The lowest BCUT2D eigenvalue weighted by molar-refractivity contribution is -0.133. The van der Waals surface area contributed by atoms with Crippen LogP contribution < -0.4 is 20.9 Å². The lowest BCUT2D eigenvalue weighted by Crippen LogP contribution is -2.51. The minimum Gasteiger partial charge on any atom is -0.465 e. The molecule has 2 heterocycles. The highest BCUT2D eigenvalue weighted by Gasteiger charge is 2.49. The summed E-state index contributed by atoms with van der Waals surface area (Å²) in [5, 5.41) is 17.8. The zero-order valence-corrected chi connectivity index (χ0v) is 22.9. The Bertz CT molecular complexity index is 1480. The topological polar surface area (TPSA) is 140 Å². The predicted molar refractivity (Wildman–Crippen MR) is 153 cm³/mol. The molecule has 2 atom stereocenters. The molecule has 2 aliphatic rings. The van der Waals surface area contributed by atoms with Gasteiger partial charge in [-0.25, -0.2) is 14.4 Å². The lowest BCUT2D eigenvalue weighted by Gasteiger charge is -2.35. The van der Waals surface area contributed by atoms with E-state index in [1.54, 1.807) is 47.4 Å². The largest absolute Gasteiger partial charge is 0.465 e. The predicted octanol–water partition coefficient (Wildman–Crippen LogP) is 4.88. The minimum atomic E-state index is -1.11. The third kappa shape index (κ3) is 6.04. The number of benzene rings is 3. The molecule has 1 unspecified atom stereocenters. The smallest absolute Gasteiger partial charge is 0.412 e.